The SMILES string of the molecule is O=C(Cc1ccccc1)N1CCCC(C(=O)N2CCC(N3CCNCC3)C2)C1. The average Bonchev–Trinajstić information content (AvgIpc) is 3.25. The molecule has 6 heteroatoms. The number of rotatable bonds is 4. The van der Waals surface area contributed by atoms with Crippen molar-refractivity contribution in [3.63, 3.8) is 0 Å². The minimum absolute atomic E-state index is 0.0322. The number of piperazine rings is 1. The van der Waals surface area contributed by atoms with E-state index in [0.717, 1.165) is 70.6 Å². The highest BCUT2D eigenvalue weighted by Crippen LogP contribution is 2.24. The quantitative estimate of drug-likeness (QED) is 0.841. The van der Waals surface area contributed by atoms with Gasteiger partial charge in [-0.25, -0.2) is 0 Å². The van der Waals surface area contributed by atoms with E-state index in [1.807, 2.05) is 35.2 Å². The van der Waals surface area contributed by atoms with Gasteiger partial charge in [-0.15, -0.1) is 0 Å². The molecule has 2 amide bonds. The van der Waals surface area contributed by atoms with Gasteiger partial charge in [0.15, 0.2) is 0 Å². The van der Waals surface area contributed by atoms with Crippen LogP contribution in [0.1, 0.15) is 24.8 Å². The fourth-order valence-electron chi connectivity index (χ4n) is 4.83. The molecule has 3 fully saturated rings. The molecule has 2 atom stereocenters. The first-order valence-electron chi connectivity index (χ1n) is 10.8. The monoisotopic (exact) mass is 384 g/mol. The van der Waals surface area contributed by atoms with Crippen molar-refractivity contribution in [2.45, 2.75) is 31.7 Å². The molecule has 3 aliphatic rings. The third-order valence-corrected chi connectivity index (χ3v) is 6.46. The number of carbonyl (C=O) groups is 2. The molecule has 3 saturated heterocycles. The van der Waals surface area contributed by atoms with Gasteiger partial charge in [-0.3, -0.25) is 14.5 Å². The summed E-state index contributed by atoms with van der Waals surface area (Å²) in [4.78, 5) is 32.3. The molecule has 1 aromatic rings. The number of hydrogen-bond acceptors (Lipinski definition) is 4. The van der Waals surface area contributed by atoms with E-state index in [4.69, 9.17) is 0 Å². The van der Waals surface area contributed by atoms with E-state index in [-0.39, 0.29) is 17.7 Å². The van der Waals surface area contributed by atoms with Crippen LogP contribution in [0.2, 0.25) is 0 Å². The van der Waals surface area contributed by atoms with Crippen molar-refractivity contribution >= 4 is 11.8 Å². The maximum Gasteiger partial charge on any atom is 0.227 e. The molecular formula is C22H32N4O2. The molecule has 1 N–H and O–H groups in total. The van der Waals surface area contributed by atoms with Crippen LogP contribution in [0.25, 0.3) is 0 Å². The Morgan fingerprint density at radius 3 is 2.50 bits per heavy atom. The number of hydrogen-bond donors (Lipinski definition) is 1. The van der Waals surface area contributed by atoms with Crippen LogP contribution in [-0.4, -0.2) is 84.9 Å². The largest absolute Gasteiger partial charge is 0.342 e. The fraction of sp³-hybridized carbons (Fsp3) is 0.636. The minimum Gasteiger partial charge on any atom is -0.342 e. The third-order valence-electron chi connectivity index (χ3n) is 6.46. The second-order valence-corrected chi connectivity index (χ2v) is 8.35. The van der Waals surface area contributed by atoms with Crippen LogP contribution in [-0.2, 0) is 16.0 Å². The smallest absolute Gasteiger partial charge is 0.227 e. The molecule has 0 spiro atoms. The lowest BCUT2D eigenvalue weighted by atomic mass is 9.96. The summed E-state index contributed by atoms with van der Waals surface area (Å²) in [5.74, 6) is 0.369. The Morgan fingerprint density at radius 2 is 1.71 bits per heavy atom. The predicted molar refractivity (Wildman–Crippen MR) is 109 cm³/mol. The number of piperidine rings is 1. The molecule has 6 nitrogen and oxygen atoms in total. The molecule has 28 heavy (non-hydrogen) atoms. The van der Waals surface area contributed by atoms with Gasteiger partial charge in [-0.05, 0) is 24.8 Å². The van der Waals surface area contributed by atoms with Crippen LogP contribution in [0.15, 0.2) is 30.3 Å². The van der Waals surface area contributed by atoms with E-state index in [1.54, 1.807) is 0 Å². The van der Waals surface area contributed by atoms with Crippen molar-refractivity contribution in [3.8, 4) is 0 Å². The fourth-order valence-corrected chi connectivity index (χ4v) is 4.83. The zero-order valence-corrected chi connectivity index (χ0v) is 16.7. The summed E-state index contributed by atoms with van der Waals surface area (Å²) < 4.78 is 0. The number of benzene rings is 1. The highest BCUT2D eigenvalue weighted by Gasteiger charge is 2.36. The van der Waals surface area contributed by atoms with Gasteiger partial charge in [0, 0.05) is 58.4 Å². The van der Waals surface area contributed by atoms with E-state index in [1.165, 1.54) is 0 Å². The molecule has 2 unspecified atom stereocenters. The first-order chi connectivity index (χ1) is 13.7. The van der Waals surface area contributed by atoms with E-state index in [2.05, 4.69) is 15.1 Å². The molecule has 1 aromatic carbocycles. The molecule has 0 radical (unpaired) electrons. The summed E-state index contributed by atoms with van der Waals surface area (Å²) in [6, 6.07) is 10.4. The first-order valence-corrected chi connectivity index (χ1v) is 10.8. The van der Waals surface area contributed by atoms with Gasteiger partial charge in [0.05, 0.1) is 12.3 Å². The van der Waals surface area contributed by atoms with Crippen LogP contribution < -0.4 is 5.32 Å². The number of nitrogens with zero attached hydrogens (tertiary/aromatic N) is 3. The van der Waals surface area contributed by atoms with Crippen LogP contribution in [0, 0.1) is 5.92 Å². The third kappa shape index (κ3) is 4.55. The Bertz CT molecular complexity index is 674. The number of amides is 2. The van der Waals surface area contributed by atoms with Crippen molar-refractivity contribution in [2.75, 3.05) is 52.4 Å². The molecular weight excluding hydrogens is 352 g/mol. The van der Waals surface area contributed by atoms with Crippen LogP contribution >= 0.6 is 0 Å². The van der Waals surface area contributed by atoms with Gasteiger partial charge in [-0.1, -0.05) is 30.3 Å². The molecule has 0 saturated carbocycles. The van der Waals surface area contributed by atoms with E-state index >= 15 is 0 Å². The summed E-state index contributed by atoms with van der Waals surface area (Å²) in [6.45, 7) is 7.33. The lowest BCUT2D eigenvalue weighted by molar-refractivity contribution is -0.140. The van der Waals surface area contributed by atoms with Crippen molar-refractivity contribution in [2.24, 2.45) is 5.92 Å². The van der Waals surface area contributed by atoms with Gasteiger partial charge in [0.2, 0.25) is 11.8 Å². The van der Waals surface area contributed by atoms with Crippen LogP contribution in [0.5, 0.6) is 0 Å². The van der Waals surface area contributed by atoms with Gasteiger partial charge in [-0.2, -0.15) is 0 Å². The molecule has 0 bridgehead atoms. The van der Waals surface area contributed by atoms with E-state index < -0.39 is 0 Å². The number of likely N-dealkylation sites (tertiary alicyclic amines) is 2. The minimum atomic E-state index is -0.0322. The summed E-state index contributed by atoms with van der Waals surface area (Å²) >= 11 is 0. The van der Waals surface area contributed by atoms with E-state index in [9.17, 15) is 9.59 Å². The predicted octanol–water partition coefficient (Wildman–Crippen LogP) is 0.974. The van der Waals surface area contributed by atoms with Crippen molar-refractivity contribution in [1.29, 1.82) is 0 Å². The molecule has 3 heterocycles. The van der Waals surface area contributed by atoms with Crippen LogP contribution in [0.3, 0.4) is 0 Å². The van der Waals surface area contributed by atoms with Crippen molar-refractivity contribution in [1.82, 2.24) is 20.0 Å². The topological polar surface area (TPSA) is 55.9 Å². The second-order valence-electron chi connectivity index (χ2n) is 8.35. The second kappa shape index (κ2) is 9.05. The van der Waals surface area contributed by atoms with Gasteiger partial charge in [0.25, 0.3) is 0 Å². The van der Waals surface area contributed by atoms with Gasteiger partial charge < -0.3 is 15.1 Å². The Balaban J connectivity index is 1.30. The zero-order chi connectivity index (χ0) is 19.3. The number of nitrogens with one attached hydrogen (secondary N) is 1. The average molecular weight is 385 g/mol. The molecule has 152 valence electrons. The normalized spacial score (nSPS) is 26.4. The Labute approximate surface area is 167 Å². The van der Waals surface area contributed by atoms with Gasteiger partial charge >= 0.3 is 0 Å². The summed E-state index contributed by atoms with van der Waals surface area (Å²) in [5.41, 5.74) is 1.04. The highest BCUT2D eigenvalue weighted by atomic mass is 16.2. The number of carbonyl (C=O) groups excluding carboxylic acids is 2. The molecule has 0 aromatic heterocycles. The molecule has 0 aliphatic carbocycles. The summed E-state index contributed by atoms with van der Waals surface area (Å²) in [6.07, 6.45) is 3.33. The summed E-state index contributed by atoms with van der Waals surface area (Å²) in [5, 5.41) is 3.40. The Kier molecular flexibility index (Phi) is 6.27. The first kappa shape index (κ1) is 19.4. The standard InChI is InChI=1S/C22H32N4O2/c27-21(15-18-5-2-1-3-6-18)25-11-4-7-19(16-25)22(28)26-12-8-20(17-26)24-13-9-23-10-14-24/h1-3,5-6,19-20,23H,4,7-17H2. The summed E-state index contributed by atoms with van der Waals surface area (Å²) in [7, 11) is 0. The lowest BCUT2D eigenvalue weighted by Crippen LogP contribution is -2.50. The Morgan fingerprint density at radius 1 is 0.929 bits per heavy atom. The Hall–Kier alpha value is -1.92. The highest BCUT2D eigenvalue weighted by molar-refractivity contribution is 5.82. The van der Waals surface area contributed by atoms with Crippen molar-refractivity contribution < 1.29 is 9.59 Å². The zero-order valence-electron chi connectivity index (χ0n) is 16.7. The van der Waals surface area contributed by atoms with Gasteiger partial charge in [0.1, 0.15) is 0 Å². The maximum absolute atomic E-state index is 13.1. The maximum atomic E-state index is 13.1. The molecule has 3 aliphatic heterocycles. The van der Waals surface area contributed by atoms with Crippen LogP contribution in [0.4, 0.5) is 0 Å². The van der Waals surface area contributed by atoms with E-state index in [0.29, 0.717) is 19.0 Å². The molecule has 4 rings (SSSR count). The van der Waals surface area contributed by atoms with Crippen molar-refractivity contribution in [3.05, 3.63) is 35.9 Å². The lowest BCUT2D eigenvalue weighted by Gasteiger charge is -2.35.